The van der Waals surface area contributed by atoms with Crippen LogP contribution >= 0.6 is 0 Å². The topological polar surface area (TPSA) is 96.1 Å². The van der Waals surface area contributed by atoms with E-state index in [0.29, 0.717) is 32.8 Å². The first-order valence-electron chi connectivity index (χ1n) is 7.11. The third-order valence-electron chi connectivity index (χ3n) is 3.38. The van der Waals surface area contributed by atoms with Crippen molar-refractivity contribution in [3.8, 4) is 0 Å². The van der Waals surface area contributed by atoms with Crippen LogP contribution in [0.25, 0.3) is 0 Å². The summed E-state index contributed by atoms with van der Waals surface area (Å²) in [5.41, 5.74) is 5.62. The van der Waals surface area contributed by atoms with Crippen LogP contribution in [0.4, 0.5) is 4.79 Å². The van der Waals surface area contributed by atoms with Crippen LogP contribution in [-0.2, 0) is 9.53 Å². The number of nitrogens with zero attached hydrogens (tertiary/aromatic N) is 2. The maximum atomic E-state index is 11.9. The smallest absolute Gasteiger partial charge is 0.409 e. The number of carbonyl (C=O) groups is 2. The summed E-state index contributed by atoms with van der Waals surface area (Å²) in [6.45, 7) is 5.66. The highest BCUT2D eigenvalue weighted by Gasteiger charge is 2.29. The van der Waals surface area contributed by atoms with E-state index in [4.69, 9.17) is 10.5 Å². The fraction of sp³-hybridized carbons (Fsp3) is 0.846. The van der Waals surface area contributed by atoms with Gasteiger partial charge in [0.15, 0.2) is 0 Å². The lowest BCUT2D eigenvalue weighted by molar-refractivity contribution is -0.136. The number of hydrogen-bond donors (Lipinski definition) is 2. The van der Waals surface area contributed by atoms with Gasteiger partial charge in [0.2, 0.25) is 5.91 Å². The Morgan fingerprint density at radius 1 is 1.25 bits per heavy atom. The second kappa shape index (κ2) is 8.06. The molecule has 7 heteroatoms. The van der Waals surface area contributed by atoms with Crippen molar-refractivity contribution >= 4 is 12.0 Å². The molecule has 116 valence electrons. The SMILES string of the molecule is CCCCOC(=O)N1CCN(C(=O)[C@@H](N)[C@@H](C)O)CC1. The molecule has 20 heavy (non-hydrogen) atoms. The van der Waals surface area contributed by atoms with E-state index in [-0.39, 0.29) is 12.0 Å². The van der Waals surface area contributed by atoms with Crippen LogP contribution in [0.1, 0.15) is 26.7 Å². The van der Waals surface area contributed by atoms with Gasteiger partial charge >= 0.3 is 6.09 Å². The second-order valence-electron chi connectivity index (χ2n) is 5.05. The van der Waals surface area contributed by atoms with Crippen LogP contribution in [0.3, 0.4) is 0 Å². The van der Waals surface area contributed by atoms with E-state index in [9.17, 15) is 14.7 Å². The lowest BCUT2D eigenvalue weighted by Gasteiger charge is -2.35. The van der Waals surface area contributed by atoms with E-state index >= 15 is 0 Å². The number of aliphatic hydroxyl groups is 1. The Kier molecular flexibility index (Phi) is 6.74. The van der Waals surface area contributed by atoms with Crippen molar-refractivity contribution in [2.75, 3.05) is 32.8 Å². The quantitative estimate of drug-likeness (QED) is 0.681. The number of amides is 2. The Morgan fingerprint density at radius 3 is 2.30 bits per heavy atom. The van der Waals surface area contributed by atoms with E-state index in [1.54, 1.807) is 9.80 Å². The van der Waals surface area contributed by atoms with Crippen LogP contribution in [0.2, 0.25) is 0 Å². The van der Waals surface area contributed by atoms with Crippen molar-refractivity contribution in [1.29, 1.82) is 0 Å². The lowest BCUT2D eigenvalue weighted by atomic mass is 10.1. The maximum absolute atomic E-state index is 11.9. The summed E-state index contributed by atoms with van der Waals surface area (Å²) in [5, 5.41) is 9.33. The third-order valence-corrected chi connectivity index (χ3v) is 3.38. The molecule has 0 aliphatic carbocycles. The molecule has 1 fully saturated rings. The molecule has 2 atom stereocenters. The molecule has 1 heterocycles. The molecule has 0 saturated carbocycles. The highest BCUT2D eigenvalue weighted by Crippen LogP contribution is 2.07. The van der Waals surface area contributed by atoms with Crippen molar-refractivity contribution in [2.24, 2.45) is 5.73 Å². The van der Waals surface area contributed by atoms with Gasteiger partial charge in [0.05, 0.1) is 12.7 Å². The maximum Gasteiger partial charge on any atom is 0.409 e. The van der Waals surface area contributed by atoms with Crippen molar-refractivity contribution in [1.82, 2.24) is 9.80 Å². The fourth-order valence-electron chi connectivity index (χ4n) is 1.92. The van der Waals surface area contributed by atoms with Crippen LogP contribution in [-0.4, -0.2) is 71.8 Å². The first-order chi connectivity index (χ1) is 9.47. The average Bonchev–Trinajstić information content (AvgIpc) is 2.46. The van der Waals surface area contributed by atoms with Crippen LogP contribution < -0.4 is 5.73 Å². The number of nitrogens with two attached hydrogens (primary N) is 1. The molecule has 0 bridgehead atoms. The predicted molar refractivity (Wildman–Crippen MR) is 74.1 cm³/mol. The first kappa shape index (κ1) is 16.7. The number of hydrogen-bond acceptors (Lipinski definition) is 5. The van der Waals surface area contributed by atoms with Gasteiger partial charge in [-0.05, 0) is 13.3 Å². The second-order valence-corrected chi connectivity index (χ2v) is 5.05. The molecule has 0 aromatic carbocycles. The molecule has 0 spiro atoms. The fourth-order valence-corrected chi connectivity index (χ4v) is 1.92. The molecule has 0 aromatic rings. The minimum absolute atomic E-state index is 0.279. The van der Waals surface area contributed by atoms with Gasteiger partial charge in [-0.15, -0.1) is 0 Å². The largest absolute Gasteiger partial charge is 0.449 e. The number of ether oxygens (including phenoxy) is 1. The third kappa shape index (κ3) is 4.64. The van der Waals surface area contributed by atoms with Crippen LogP contribution in [0.5, 0.6) is 0 Å². The molecule has 1 aliphatic rings. The zero-order valence-corrected chi connectivity index (χ0v) is 12.2. The van der Waals surface area contributed by atoms with Gasteiger partial charge in [0.25, 0.3) is 0 Å². The van der Waals surface area contributed by atoms with Crippen molar-refractivity contribution in [3.05, 3.63) is 0 Å². The average molecular weight is 287 g/mol. The molecular formula is C13H25N3O4. The Balaban J connectivity index is 2.36. The van der Waals surface area contributed by atoms with E-state index < -0.39 is 12.1 Å². The summed E-state index contributed by atoms with van der Waals surface area (Å²) >= 11 is 0. The molecule has 3 N–H and O–H groups in total. The zero-order valence-electron chi connectivity index (χ0n) is 12.2. The number of carbonyl (C=O) groups excluding carboxylic acids is 2. The van der Waals surface area contributed by atoms with Gasteiger partial charge in [-0.2, -0.15) is 0 Å². The normalized spacial score (nSPS) is 18.6. The van der Waals surface area contributed by atoms with E-state index in [1.165, 1.54) is 6.92 Å². The standard InChI is InChI=1S/C13H25N3O4/c1-3-4-9-20-13(19)16-7-5-15(6-8-16)12(18)11(14)10(2)17/h10-11,17H,3-9,14H2,1-2H3/t10-,11+/m1/s1. The van der Waals surface area contributed by atoms with E-state index in [2.05, 4.69) is 0 Å². The van der Waals surface area contributed by atoms with E-state index in [1.807, 2.05) is 6.92 Å². The van der Waals surface area contributed by atoms with Gasteiger partial charge in [-0.1, -0.05) is 13.3 Å². The Hall–Kier alpha value is -1.34. The van der Waals surface area contributed by atoms with Crippen molar-refractivity contribution < 1.29 is 19.4 Å². The summed E-state index contributed by atoms with van der Waals surface area (Å²) < 4.78 is 5.12. The van der Waals surface area contributed by atoms with Gasteiger partial charge in [0, 0.05) is 26.2 Å². The molecule has 0 aromatic heterocycles. The molecule has 7 nitrogen and oxygen atoms in total. The molecule has 0 radical (unpaired) electrons. The van der Waals surface area contributed by atoms with Crippen LogP contribution in [0.15, 0.2) is 0 Å². The summed E-state index contributed by atoms with van der Waals surface area (Å²) in [6.07, 6.45) is 0.630. The highest BCUT2D eigenvalue weighted by atomic mass is 16.6. The summed E-state index contributed by atoms with van der Waals surface area (Å²) in [7, 11) is 0. The molecule has 1 saturated heterocycles. The van der Waals surface area contributed by atoms with Crippen molar-refractivity contribution in [2.45, 2.75) is 38.8 Å². The summed E-state index contributed by atoms with van der Waals surface area (Å²) in [5.74, 6) is -0.279. The minimum Gasteiger partial charge on any atom is -0.449 e. The zero-order chi connectivity index (χ0) is 15.1. The molecule has 2 amide bonds. The molecule has 1 rings (SSSR count). The summed E-state index contributed by atoms with van der Waals surface area (Å²) in [6, 6.07) is -0.905. The number of unbranched alkanes of at least 4 members (excludes halogenated alkanes) is 1. The monoisotopic (exact) mass is 287 g/mol. The van der Waals surface area contributed by atoms with Crippen LogP contribution in [0, 0.1) is 0 Å². The Bertz CT molecular complexity index is 328. The Labute approximate surface area is 119 Å². The summed E-state index contributed by atoms with van der Waals surface area (Å²) in [4.78, 5) is 26.8. The number of rotatable bonds is 5. The lowest BCUT2D eigenvalue weighted by Crippen LogP contribution is -2.56. The highest BCUT2D eigenvalue weighted by molar-refractivity contribution is 5.82. The minimum atomic E-state index is -0.905. The number of aliphatic hydroxyl groups excluding tert-OH is 1. The predicted octanol–water partition coefficient (Wildman–Crippen LogP) is -0.225. The first-order valence-corrected chi connectivity index (χ1v) is 7.11. The Morgan fingerprint density at radius 2 is 1.80 bits per heavy atom. The molecule has 1 aliphatic heterocycles. The van der Waals surface area contributed by atoms with E-state index in [0.717, 1.165) is 12.8 Å². The van der Waals surface area contributed by atoms with Gasteiger partial charge in [-0.3, -0.25) is 4.79 Å². The van der Waals surface area contributed by atoms with Gasteiger partial charge < -0.3 is 25.4 Å². The number of piperazine rings is 1. The van der Waals surface area contributed by atoms with Gasteiger partial charge in [-0.25, -0.2) is 4.79 Å². The van der Waals surface area contributed by atoms with Crippen molar-refractivity contribution in [3.63, 3.8) is 0 Å². The molecule has 0 unspecified atom stereocenters. The molecular weight excluding hydrogens is 262 g/mol. The van der Waals surface area contributed by atoms with Gasteiger partial charge in [0.1, 0.15) is 6.04 Å².